The number of benzene rings is 1. The zero-order chi connectivity index (χ0) is 16.1. The van der Waals surface area contributed by atoms with Crippen LogP contribution in [0.3, 0.4) is 0 Å². The molecule has 2 N–H and O–H groups in total. The second kappa shape index (κ2) is 9.05. The predicted molar refractivity (Wildman–Crippen MR) is 96.0 cm³/mol. The molecule has 1 aromatic heterocycles. The average Bonchev–Trinajstić information content (AvgIpc) is 3.03. The Balaban J connectivity index is 0.00000208. The first-order valence-corrected chi connectivity index (χ1v) is 8.58. The molecule has 1 amide bonds. The maximum atomic E-state index is 12.9. The number of hydrogen-bond acceptors (Lipinski definition) is 5. The third kappa shape index (κ3) is 5.22. The number of amides is 1. The van der Waals surface area contributed by atoms with E-state index < -0.39 is 0 Å². The number of halogens is 2. The van der Waals surface area contributed by atoms with Gasteiger partial charge < -0.3 is 10.6 Å². The molecule has 24 heavy (non-hydrogen) atoms. The van der Waals surface area contributed by atoms with Gasteiger partial charge in [0.25, 0.3) is 0 Å². The Bertz CT molecular complexity index is 658. The zero-order valence-corrected chi connectivity index (χ0v) is 14.8. The predicted octanol–water partition coefficient (Wildman–Crippen LogP) is 3.48. The third-order valence-electron chi connectivity index (χ3n) is 4.01. The molecule has 1 fully saturated rings. The standard InChI is InChI=1S/C16H19FN4OS.ClH/c17-13-4-2-12(3-5-13)15-20-16(23-21-15)19-14(22)6-1-11-7-9-18-10-8-11;/h2-5,11,18H,1,6-10H2,(H,19,20,21,22);1H. The lowest BCUT2D eigenvalue weighted by molar-refractivity contribution is -0.116. The maximum absolute atomic E-state index is 12.9. The Morgan fingerprint density at radius 3 is 2.71 bits per heavy atom. The first-order chi connectivity index (χ1) is 11.2. The topological polar surface area (TPSA) is 66.9 Å². The van der Waals surface area contributed by atoms with E-state index >= 15 is 0 Å². The van der Waals surface area contributed by atoms with E-state index in [1.54, 1.807) is 12.1 Å². The molecule has 0 saturated carbocycles. The van der Waals surface area contributed by atoms with Crippen molar-refractivity contribution in [1.82, 2.24) is 14.7 Å². The number of piperidine rings is 1. The van der Waals surface area contributed by atoms with Gasteiger partial charge in [0.05, 0.1) is 0 Å². The van der Waals surface area contributed by atoms with E-state index in [0.29, 0.717) is 23.3 Å². The lowest BCUT2D eigenvalue weighted by atomic mass is 9.93. The normalized spacial score (nSPS) is 14.9. The van der Waals surface area contributed by atoms with E-state index in [0.717, 1.165) is 49.4 Å². The second-order valence-corrected chi connectivity index (χ2v) is 6.46. The quantitative estimate of drug-likeness (QED) is 0.845. The largest absolute Gasteiger partial charge is 0.317 e. The highest BCUT2D eigenvalue weighted by Gasteiger charge is 2.15. The van der Waals surface area contributed by atoms with Gasteiger partial charge in [-0.05, 0) is 62.5 Å². The van der Waals surface area contributed by atoms with Gasteiger partial charge in [-0.1, -0.05) is 0 Å². The molecule has 0 aliphatic carbocycles. The van der Waals surface area contributed by atoms with E-state index in [4.69, 9.17) is 0 Å². The Morgan fingerprint density at radius 2 is 2.00 bits per heavy atom. The summed E-state index contributed by atoms with van der Waals surface area (Å²) in [6.45, 7) is 2.09. The van der Waals surface area contributed by atoms with Crippen LogP contribution in [0.15, 0.2) is 24.3 Å². The van der Waals surface area contributed by atoms with Crippen LogP contribution in [0, 0.1) is 11.7 Å². The van der Waals surface area contributed by atoms with E-state index in [1.807, 2.05) is 0 Å². The summed E-state index contributed by atoms with van der Waals surface area (Å²) in [5.74, 6) is 0.815. The van der Waals surface area contributed by atoms with Gasteiger partial charge in [-0.15, -0.1) is 12.4 Å². The fourth-order valence-electron chi connectivity index (χ4n) is 2.68. The molecular formula is C16H20ClFN4OS. The van der Waals surface area contributed by atoms with Crippen LogP contribution in [0.5, 0.6) is 0 Å². The number of carbonyl (C=O) groups is 1. The van der Waals surface area contributed by atoms with Gasteiger partial charge in [0.1, 0.15) is 5.82 Å². The molecular weight excluding hydrogens is 351 g/mol. The van der Waals surface area contributed by atoms with Crippen molar-refractivity contribution in [2.24, 2.45) is 5.92 Å². The van der Waals surface area contributed by atoms with Gasteiger partial charge in [0.2, 0.25) is 11.0 Å². The summed E-state index contributed by atoms with van der Waals surface area (Å²) >= 11 is 1.14. The summed E-state index contributed by atoms with van der Waals surface area (Å²) in [6, 6.07) is 5.99. The van der Waals surface area contributed by atoms with E-state index in [-0.39, 0.29) is 24.1 Å². The summed E-state index contributed by atoms with van der Waals surface area (Å²) in [5.41, 5.74) is 0.734. The third-order valence-corrected chi connectivity index (χ3v) is 4.64. The molecule has 8 heteroatoms. The van der Waals surface area contributed by atoms with Gasteiger partial charge in [0, 0.05) is 23.5 Å². The molecule has 130 valence electrons. The number of nitrogens with one attached hydrogen (secondary N) is 2. The summed E-state index contributed by atoms with van der Waals surface area (Å²) in [4.78, 5) is 16.3. The van der Waals surface area contributed by atoms with Crippen molar-refractivity contribution in [1.29, 1.82) is 0 Å². The monoisotopic (exact) mass is 370 g/mol. The van der Waals surface area contributed by atoms with Gasteiger partial charge in [-0.25, -0.2) is 4.39 Å². The van der Waals surface area contributed by atoms with Crippen molar-refractivity contribution in [2.45, 2.75) is 25.7 Å². The van der Waals surface area contributed by atoms with Crippen LogP contribution < -0.4 is 10.6 Å². The van der Waals surface area contributed by atoms with Crippen molar-refractivity contribution in [3.8, 4) is 11.4 Å². The smallest absolute Gasteiger partial charge is 0.226 e. The minimum absolute atomic E-state index is 0. The van der Waals surface area contributed by atoms with Gasteiger partial charge in [-0.3, -0.25) is 4.79 Å². The molecule has 5 nitrogen and oxygen atoms in total. The second-order valence-electron chi connectivity index (χ2n) is 5.71. The number of rotatable bonds is 5. The van der Waals surface area contributed by atoms with Crippen LogP contribution >= 0.6 is 23.9 Å². The molecule has 0 atom stereocenters. The molecule has 1 aliphatic heterocycles. The molecule has 0 spiro atoms. The molecule has 2 heterocycles. The lowest BCUT2D eigenvalue weighted by Gasteiger charge is -2.21. The molecule has 1 aliphatic rings. The number of aromatic nitrogens is 2. The lowest BCUT2D eigenvalue weighted by Crippen LogP contribution is -2.28. The number of nitrogens with zero attached hydrogens (tertiary/aromatic N) is 2. The van der Waals surface area contributed by atoms with Crippen molar-refractivity contribution in [3.63, 3.8) is 0 Å². The van der Waals surface area contributed by atoms with Crippen LogP contribution in [0.4, 0.5) is 9.52 Å². The summed E-state index contributed by atoms with van der Waals surface area (Å²) in [5, 5.41) is 6.61. The molecule has 1 saturated heterocycles. The van der Waals surface area contributed by atoms with Crippen LogP contribution in [-0.2, 0) is 4.79 Å². The fraction of sp³-hybridized carbons (Fsp3) is 0.438. The Kier molecular flexibility index (Phi) is 7.08. The number of carbonyl (C=O) groups excluding carboxylic acids is 1. The van der Waals surface area contributed by atoms with Crippen LogP contribution in [0.25, 0.3) is 11.4 Å². The average molecular weight is 371 g/mol. The summed E-state index contributed by atoms with van der Waals surface area (Å²) in [7, 11) is 0. The Morgan fingerprint density at radius 1 is 1.29 bits per heavy atom. The summed E-state index contributed by atoms with van der Waals surface area (Å²) in [6.07, 6.45) is 3.70. The van der Waals surface area contributed by atoms with Crippen LogP contribution in [0.1, 0.15) is 25.7 Å². The van der Waals surface area contributed by atoms with Crippen LogP contribution in [0.2, 0.25) is 0 Å². The highest BCUT2D eigenvalue weighted by atomic mass is 35.5. The van der Waals surface area contributed by atoms with E-state index in [9.17, 15) is 9.18 Å². The molecule has 1 aromatic carbocycles. The fourth-order valence-corrected chi connectivity index (χ4v) is 3.28. The van der Waals surface area contributed by atoms with Crippen molar-refractivity contribution < 1.29 is 9.18 Å². The highest BCUT2D eigenvalue weighted by molar-refractivity contribution is 7.10. The van der Waals surface area contributed by atoms with Crippen molar-refractivity contribution in [2.75, 3.05) is 18.4 Å². The first-order valence-electron chi connectivity index (χ1n) is 7.81. The Labute approximate surface area is 150 Å². The molecule has 2 aromatic rings. The van der Waals surface area contributed by atoms with Gasteiger partial charge in [-0.2, -0.15) is 9.36 Å². The van der Waals surface area contributed by atoms with E-state index in [1.165, 1.54) is 12.1 Å². The summed E-state index contributed by atoms with van der Waals surface area (Å²) < 4.78 is 17.1. The molecule has 0 unspecified atom stereocenters. The zero-order valence-electron chi connectivity index (χ0n) is 13.1. The van der Waals surface area contributed by atoms with Gasteiger partial charge in [0.15, 0.2) is 5.82 Å². The number of anilines is 1. The minimum Gasteiger partial charge on any atom is -0.317 e. The number of hydrogen-bond donors (Lipinski definition) is 2. The van der Waals surface area contributed by atoms with Crippen molar-refractivity contribution in [3.05, 3.63) is 30.1 Å². The maximum Gasteiger partial charge on any atom is 0.226 e. The molecule has 3 rings (SSSR count). The van der Waals surface area contributed by atoms with E-state index in [2.05, 4.69) is 20.0 Å². The minimum atomic E-state index is -0.296. The molecule has 0 radical (unpaired) electrons. The first kappa shape index (κ1) is 18.8. The SMILES string of the molecule is Cl.O=C(CCC1CCNCC1)Nc1nc(-c2ccc(F)cc2)ns1. The van der Waals surface area contributed by atoms with Crippen molar-refractivity contribution >= 4 is 35.0 Å². The Hall–Kier alpha value is -1.57. The van der Waals surface area contributed by atoms with Gasteiger partial charge >= 0.3 is 0 Å². The van der Waals surface area contributed by atoms with Crippen LogP contribution in [-0.4, -0.2) is 28.4 Å². The molecule has 0 bridgehead atoms. The highest BCUT2D eigenvalue weighted by Crippen LogP contribution is 2.22.